The van der Waals surface area contributed by atoms with E-state index in [2.05, 4.69) is 24.4 Å². The number of hydrogen-bond acceptors (Lipinski definition) is 8. The summed E-state index contributed by atoms with van der Waals surface area (Å²) in [6.45, 7) is 6.97. The van der Waals surface area contributed by atoms with Crippen molar-refractivity contribution >= 4 is 68.3 Å². The topological polar surface area (TPSA) is 143 Å². The Morgan fingerprint density at radius 3 is 1.64 bits per heavy atom. The highest BCUT2D eigenvalue weighted by molar-refractivity contribution is 6.36. The molecule has 13 heteroatoms. The number of hydrogen-bond donors (Lipinski definition) is 3. The number of esters is 1. The predicted molar refractivity (Wildman–Crippen MR) is 212 cm³/mol. The van der Waals surface area contributed by atoms with E-state index in [0.29, 0.717) is 28.7 Å². The van der Waals surface area contributed by atoms with Gasteiger partial charge in [0.05, 0.1) is 38.5 Å². The maximum atomic E-state index is 13.0. The van der Waals surface area contributed by atoms with Crippen LogP contribution in [0.25, 0.3) is 21.8 Å². The largest absolute Gasteiger partial charge is 0.506 e. The van der Waals surface area contributed by atoms with E-state index < -0.39 is 34.3 Å². The van der Waals surface area contributed by atoms with Crippen LogP contribution in [0.3, 0.4) is 0 Å². The zero-order valence-corrected chi connectivity index (χ0v) is 31.4. The van der Waals surface area contributed by atoms with Gasteiger partial charge in [0.2, 0.25) is 0 Å². The smallest absolute Gasteiger partial charge is 0.347 e. The van der Waals surface area contributed by atoms with E-state index in [-0.39, 0.29) is 33.4 Å². The maximum absolute atomic E-state index is 13.0. The number of rotatable bonds is 7. The van der Waals surface area contributed by atoms with Gasteiger partial charge in [0.15, 0.2) is 5.56 Å². The Morgan fingerprint density at radius 1 is 0.698 bits per heavy atom. The summed E-state index contributed by atoms with van der Waals surface area (Å²) in [5.74, 6) is -2.25. The van der Waals surface area contributed by atoms with Crippen LogP contribution in [0.1, 0.15) is 41.5 Å². The second-order valence-electron chi connectivity index (χ2n) is 11.4. The summed E-state index contributed by atoms with van der Waals surface area (Å²) >= 11 is 12.2. The minimum Gasteiger partial charge on any atom is -0.506 e. The number of carbonyl (C=O) groups excluding carboxylic acids is 2. The van der Waals surface area contributed by atoms with Gasteiger partial charge in [-0.1, -0.05) is 71.7 Å². The van der Waals surface area contributed by atoms with Crippen LogP contribution in [-0.2, 0) is 18.8 Å². The molecule has 0 fully saturated rings. The molecule has 0 aliphatic heterocycles. The summed E-state index contributed by atoms with van der Waals surface area (Å²) in [4.78, 5) is 51.0. The molecule has 0 aliphatic rings. The lowest BCUT2D eigenvalue weighted by atomic mass is 10.1. The Hall–Kier alpha value is -5.78. The molecule has 0 radical (unpaired) electrons. The summed E-state index contributed by atoms with van der Waals surface area (Å²) in [6.07, 6.45) is 0. The molecular weight excluding hydrogens is 719 g/mol. The van der Waals surface area contributed by atoms with E-state index in [1.165, 1.54) is 26.8 Å². The predicted octanol–water partition coefficient (Wildman–Crippen LogP) is 7.76. The molecule has 4 aromatic carbocycles. The van der Waals surface area contributed by atoms with E-state index in [1.54, 1.807) is 81.6 Å². The number of aromatic nitrogens is 2. The number of amides is 1. The number of pyridine rings is 2. The van der Waals surface area contributed by atoms with Crippen molar-refractivity contribution in [2.45, 2.75) is 20.8 Å². The number of aryl methyl sites for hydroxylation is 2. The molecule has 11 nitrogen and oxygen atoms in total. The first-order valence-corrected chi connectivity index (χ1v) is 17.5. The molecule has 0 unspecified atom stereocenters. The number of nitrogens with one attached hydrogen (secondary N) is 1. The fraction of sp³-hybridized carbons (Fsp3) is 0.200. The first kappa shape index (κ1) is 40.0. The van der Waals surface area contributed by atoms with Crippen LogP contribution < -0.4 is 21.3 Å². The van der Waals surface area contributed by atoms with Crippen molar-refractivity contribution in [2.24, 2.45) is 14.1 Å². The SMILES string of the molecule is CCN(C(=O)c1c(O)c2c(Cl)cccc2n(C)c1=O)c1ccccc1.CCNc1ccccc1.CCOC(=O)c1c(O)c2c(Cl)cccc2n(C)c1=O. The lowest BCUT2D eigenvalue weighted by molar-refractivity contribution is 0.0520. The molecule has 2 heterocycles. The molecule has 0 saturated heterocycles. The van der Waals surface area contributed by atoms with Gasteiger partial charge in [0.25, 0.3) is 17.0 Å². The Bertz CT molecular complexity index is 2360. The van der Waals surface area contributed by atoms with Crippen LogP contribution in [0, 0.1) is 0 Å². The minimum atomic E-state index is -0.859. The van der Waals surface area contributed by atoms with Gasteiger partial charge in [-0.3, -0.25) is 14.4 Å². The molecule has 0 bridgehead atoms. The number of nitrogens with zero attached hydrogens (tertiary/aromatic N) is 3. The van der Waals surface area contributed by atoms with Crippen molar-refractivity contribution in [3.8, 4) is 11.5 Å². The number of halogens is 2. The van der Waals surface area contributed by atoms with Crippen molar-refractivity contribution in [2.75, 3.05) is 29.9 Å². The van der Waals surface area contributed by atoms with Gasteiger partial charge >= 0.3 is 5.97 Å². The van der Waals surface area contributed by atoms with Crippen LogP contribution in [0.2, 0.25) is 10.0 Å². The Balaban J connectivity index is 0.000000197. The first-order chi connectivity index (χ1) is 25.4. The molecule has 6 rings (SSSR count). The number of ether oxygens (including phenoxy) is 1. The highest BCUT2D eigenvalue weighted by Crippen LogP contribution is 2.34. The number of anilines is 2. The minimum absolute atomic E-state index is 0.113. The van der Waals surface area contributed by atoms with Gasteiger partial charge < -0.3 is 34.3 Å². The third-order valence-electron chi connectivity index (χ3n) is 8.17. The molecule has 1 amide bonds. The van der Waals surface area contributed by atoms with Crippen molar-refractivity contribution in [3.05, 3.63) is 139 Å². The second kappa shape index (κ2) is 18.1. The monoisotopic (exact) mass is 758 g/mol. The lowest BCUT2D eigenvalue weighted by Gasteiger charge is -2.22. The van der Waals surface area contributed by atoms with Crippen LogP contribution in [0.15, 0.2) is 107 Å². The van der Waals surface area contributed by atoms with Gasteiger partial charge in [0, 0.05) is 38.6 Å². The molecule has 6 aromatic rings. The van der Waals surface area contributed by atoms with Crippen molar-refractivity contribution in [3.63, 3.8) is 0 Å². The van der Waals surface area contributed by atoms with Crippen LogP contribution >= 0.6 is 23.2 Å². The van der Waals surface area contributed by atoms with Gasteiger partial charge in [0.1, 0.15) is 17.1 Å². The first-order valence-electron chi connectivity index (χ1n) is 16.7. The highest BCUT2D eigenvalue weighted by Gasteiger charge is 2.27. The second-order valence-corrected chi connectivity index (χ2v) is 12.3. The fourth-order valence-corrected chi connectivity index (χ4v) is 6.10. The Kier molecular flexibility index (Phi) is 13.7. The van der Waals surface area contributed by atoms with Crippen LogP contribution in [0.5, 0.6) is 11.5 Å². The van der Waals surface area contributed by atoms with Gasteiger partial charge in [-0.15, -0.1) is 0 Å². The molecule has 53 heavy (non-hydrogen) atoms. The normalized spacial score (nSPS) is 10.5. The summed E-state index contributed by atoms with van der Waals surface area (Å²) in [5.41, 5.74) is 0.893. The molecule has 3 N–H and O–H groups in total. The summed E-state index contributed by atoms with van der Waals surface area (Å²) in [5, 5.41) is 25.1. The Labute approximate surface area is 316 Å². The van der Waals surface area contributed by atoms with Gasteiger partial charge in [-0.2, -0.15) is 0 Å². The zero-order valence-electron chi connectivity index (χ0n) is 29.9. The molecule has 2 aromatic heterocycles. The molecule has 0 spiro atoms. The molecule has 0 saturated carbocycles. The van der Waals surface area contributed by atoms with Crippen molar-refractivity contribution < 1.29 is 24.5 Å². The molecular formula is C40H40Cl2N4O7. The third-order valence-corrected chi connectivity index (χ3v) is 8.80. The zero-order chi connectivity index (χ0) is 38.8. The molecule has 0 atom stereocenters. The third kappa shape index (κ3) is 8.65. The average Bonchev–Trinajstić information content (AvgIpc) is 3.15. The summed E-state index contributed by atoms with van der Waals surface area (Å²) in [7, 11) is 3.05. The van der Waals surface area contributed by atoms with E-state index >= 15 is 0 Å². The molecule has 0 aliphatic carbocycles. The van der Waals surface area contributed by atoms with Gasteiger partial charge in [-0.05, 0) is 69.3 Å². The average molecular weight is 760 g/mol. The highest BCUT2D eigenvalue weighted by atomic mass is 35.5. The molecule has 276 valence electrons. The number of carbonyl (C=O) groups is 2. The summed E-state index contributed by atoms with van der Waals surface area (Å²) < 4.78 is 7.36. The number of aromatic hydroxyl groups is 2. The Morgan fingerprint density at radius 2 is 1.17 bits per heavy atom. The van der Waals surface area contributed by atoms with E-state index in [1.807, 2.05) is 24.3 Å². The van der Waals surface area contributed by atoms with E-state index in [4.69, 9.17) is 27.9 Å². The maximum Gasteiger partial charge on any atom is 0.347 e. The van der Waals surface area contributed by atoms with Crippen molar-refractivity contribution in [1.82, 2.24) is 9.13 Å². The van der Waals surface area contributed by atoms with Crippen LogP contribution in [0.4, 0.5) is 11.4 Å². The lowest BCUT2D eigenvalue weighted by Crippen LogP contribution is -2.36. The number of benzene rings is 4. The van der Waals surface area contributed by atoms with Crippen LogP contribution in [-0.4, -0.2) is 50.9 Å². The standard InChI is InChI=1S/C19H17ClN2O3.C13H12ClNO4.C8H11N/c1-3-22(12-8-5-4-6-9-12)19(25)16-17(23)15-13(20)10-7-11-14(15)21(2)18(16)24;1-3-19-13(18)10-11(16)9-7(14)5-4-6-8(9)15(2)12(10)17;1-2-9-8-6-4-3-5-7-8/h4-11,23H,3H2,1-2H3;4-6,16H,3H2,1-2H3;3-7,9H,2H2,1H3. The quantitative estimate of drug-likeness (QED) is 0.140. The number of fused-ring (bicyclic) bond motifs is 2. The summed E-state index contributed by atoms with van der Waals surface area (Å²) in [6, 6.07) is 29.0. The van der Waals surface area contributed by atoms with Crippen molar-refractivity contribution in [1.29, 1.82) is 0 Å². The van der Waals surface area contributed by atoms with E-state index in [9.17, 15) is 29.4 Å². The number of para-hydroxylation sites is 2. The fourth-order valence-electron chi connectivity index (χ4n) is 5.59. The van der Waals surface area contributed by atoms with Gasteiger partial charge in [-0.25, -0.2) is 4.79 Å². The van der Waals surface area contributed by atoms with E-state index in [0.717, 1.165) is 6.54 Å².